The average Bonchev–Trinajstić information content (AvgIpc) is 2.66. The number of ether oxygens (including phenoxy) is 1. The zero-order chi connectivity index (χ0) is 17.9. The monoisotopic (exact) mass is 337 g/mol. The molecular formula is C19H19N3O3. The zero-order valence-electron chi connectivity index (χ0n) is 13.8. The van der Waals surface area contributed by atoms with Crippen LogP contribution in [0.1, 0.15) is 11.1 Å². The number of carbonyl (C=O) groups is 2. The molecule has 2 rings (SSSR count). The van der Waals surface area contributed by atoms with Crippen molar-refractivity contribution in [2.75, 3.05) is 13.7 Å². The Kier molecular flexibility index (Phi) is 6.94. The molecule has 0 unspecified atom stereocenters. The third-order valence-corrected chi connectivity index (χ3v) is 3.17. The molecule has 0 aromatic heterocycles. The highest BCUT2D eigenvalue weighted by Crippen LogP contribution is 2.12. The van der Waals surface area contributed by atoms with Gasteiger partial charge in [0.15, 0.2) is 0 Å². The molecule has 0 atom stereocenters. The van der Waals surface area contributed by atoms with Gasteiger partial charge in [-0.15, -0.1) is 0 Å². The zero-order valence-corrected chi connectivity index (χ0v) is 13.8. The second-order valence-electron chi connectivity index (χ2n) is 5.03. The molecule has 0 aliphatic carbocycles. The number of carbonyl (C=O) groups excluding carboxylic acids is 2. The van der Waals surface area contributed by atoms with Gasteiger partial charge >= 0.3 is 0 Å². The molecule has 25 heavy (non-hydrogen) atoms. The molecule has 0 saturated carbocycles. The van der Waals surface area contributed by atoms with Crippen LogP contribution in [0.3, 0.4) is 0 Å². The lowest BCUT2D eigenvalue weighted by Crippen LogP contribution is -2.34. The van der Waals surface area contributed by atoms with Gasteiger partial charge in [0, 0.05) is 6.08 Å². The summed E-state index contributed by atoms with van der Waals surface area (Å²) in [5.41, 5.74) is 4.07. The fourth-order valence-corrected chi connectivity index (χ4v) is 1.87. The molecule has 128 valence electrons. The summed E-state index contributed by atoms with van der Waals surface area (Å²) in [6.45, 7) is -0.155. The van der Waals surface area contributed by atoms with Gasteiger partial charge in [0.25, 0.3) is 5.91 Å². The van der Waals surface area contributed by atoms with Crippen LogP contribution in [0.5, 0.6) is 5.75 Å². The van der Waals surface area contributed by atoms with Crippen LogP contribution in [-0.2, 0) is 9.59 Å². The molecule has 2 amide bonds. The van der Waals surface area contributed by atoms with Crippen LogP contribution in [0.25, 0.3) is 6.08 Å². The highest BCUT2D eigenvalue weighted by atomic mass is 16.5. The summed E-state index contributed by atoms with van der Waals surface area (Å²) in [7, 11) is 1.59. The van der Waals surface area contributed by atoms with Crippen LogP contribution >= 0.6 is 0 Å². The van der Waals surface area contributed by atoms with Gasteiger partial charge in [0.2, 0.25) is 5.91 Å². The summed E-state index contributed by atoms with van der Waals surface area (Å²) in [6.07, 6.45) is 4.55. The number of rotatable bonds is 7. The maximum Gasteiger partial charge on any atom is 0.259 e. The third-order valence-electron chi connectivity index (χ3n) is 3.17. The molecule has 0 heterocycles. The first-order chi connectivity index (χ1) is 12.2. The van der Waals surface area contributed by atoms with Crippen molar-refractivity contribution in [2.45, 2.75) is 0 Å². The minimum Gasteiger partial charge on any atom is -0.497 e. The molecule has 0 fully saturated rings. The summed E-state index contributed by atoms with van der Waals surface area (Å²) in [5.74, 6) is -0.0225. The lowest BCUT2D eigenvalue weighted by atomic mass is 10.2. The Morgan fingerprint density at radius 3 is 2.44 bits per heavy atom. The van der Waals surface area contributed by atoms with Crippen LogP contribution in [0.4, 0.5) is 0 Å². The van der Waals surface area contributed by atoms with E-state index in [9.17, 15) is 9.59 Å². The molecule has 0 aliphatic rings. The molecular weight excluding hydrogens is 318 g/mol. The third kappa shape index (κ3) is 6.70. The number of hydrogen-bond donors (Lipinski definition) is 2. The molecule has 0 bridgehead atoms. The van der Waals surface area contributed by atoms with Gasteiger partial charge in [0.1, 0.15) is 5.75 Å². The Bertz CT molecular complexity index is 753. The van der Waals surface area contributed by atoms with E-state index in [1.165, 1.54) is 12.3 Å². The van der Waals surface area contributed by atoms with Crippen LogP contribution < -0.4 is 15.5 Å². The highest BCUT2D eigenvalue weighted by molar-refractivity contribution is 5.94. The number of hydrazone groups is 1. The quantitative estimate of drug-likeness (QED) is 0.460. The first-order valence-corrected chi connectivity index (χ1v) is 7.64. The van der Waals surface area contributed by atoms with Crippen molar-refractivity contribution in [1.82, 2.24) is 10.7 Å². The summed E-state index contributed by atoms with van der Waals surface area (Å²) < 4.78 is 5.06. The van der Waals surface area contributed by atoms with E-state index in [1.807, 2.05) is 42.5 Å². The maximum atomic E-state index is 11.7. The molecule has 6 nitrogen and oxygen atoms in total. The number of benzene rings is 2. The van der Waals surface area contributed by atoms with Crippen molar-refractivity contribution in [2.24, 2.45) is 5.10 Å². The van der Waals surface area contributed by atoms with Gasteiger partial charge in [0.05, 0.1) is 19.9 Å². The predicted octanol–water partition coefficient (Wildman–Crippen LogP) is 1.97. The molecule has 0 radical (unpaired) electrons. The summed E-state index contributed by atoms with van der Waals surface area (Å²) in [5, 5.41) is 6.31. The van der Waals surface area contributed by atoms with Gasteiger partial charge in [-0.2, -0.15) is 5.10 Å². The number of amides is 2. The first-order valence-electron chi connectivity index (χ1n) is 7.64. The summed E-state index contributed by atoms with van der Waals surface area (Å²) in [4.78, 5) is 23.3. The Morgan fingerprint density at radius 1 is 1.04 bits per heavy atom. The number of hydrogen-bond acceptors (Lipinski definition) is 4. The second-order valence-corrected chi connectivity index (χ2v) is 5.03. The minimum atomic E-state index is -0.404. The standard InChI is InChI=1S/C19H19N3O3/c1-25-17-10-7-15(8-11-17)9-12-18(23)20-14-19(24)22-21-13-16-5-3-2-4-6-16/h2-13H,14H2,1H3,(H,20,23)(H,22,24). The lowest BCUT2D eigenvalue weighted by Gasteiger charge is -2.01. The van der Waals surface area contributed by atoms with Crippen LogP contribution in [0.15, 0.2) is 65.8 Å². The van der Waals surface area contributed by atoms with E-state index in [-0.39, 0.29) is 12.5 Å². The average molecular weight is 337 g/mol. The highest BCUT2D eigenvalue weighted by Gasteiger charge is 2.01. The Labute approximate surface area is 146 Å². The molecule has 0 spiro atoms. The number of nitrogens with zero attached hydrogens (tertiary/aromatic N) is 1. The topological polar surface area (TPSA) is 79.8 Å². The molecule has 0 saturated heterocycles. The Balaban J connectivity index is 1.72. The Morgan fingerprint density at radius 2 is 1.76 bits per heavy atom. The van der Waals surface area contributed by atoms with E-state index in [0.29, 0.717) is 0 Å². The van der Waals surface area contributed by atoms with Crippen molar-refractivity contribution in [3.63, 3.8) is 0 Å². The van der Waals surface area contributed by atoms with Crippen molar-refractivity contribution in [3.05, 3.63) is 71.8 Å². The molecule has 2 aromatic rings. The van der Waals surface area contributed by atoms with Gasteiger partial charge in [-0.25, -0.2) is 5.43 Å². The van der Waals surface area contributed by atoms with Crippen LogP contribution in [0.2, 0.25) is 0 Å². The fraction of sp³-hybridized carbons (Fsp3) is 0.105. The normalized spacial score (nSPS) is 10.8. The van der Waals surface area contributed by atoms with E-state index in [2.05, 4.69) is 15.8 Å². The second kappa shape index (κ2) is 9.67. The number of methoxy groups -OCH3 is 1. The SMILES string of the molecule is COc1ccc(C=CC(=O)NCC(=O)NN=Cc2ccccc2)cc1. The van der Waals surface area contributed by atoms with Crippen LogP contribution in [-0.4, -0.2) is 31.7 Å². The van der Waals surface area contributed by atoms with Gasteiger partial charge in [-0.05, 0) is 29.3 Å². The van der Waals surface area contributed by atoms with Crippen molar-refractivity contribution in [3.8, 4) is 5.75 Å². The fourth-order valence-electron chi connectivity index (χ4n) is 1.87. The van der Waals surface area contributed by atoms with Gasteiger partial charge < -0.3 is 10.1 Å². The molecule has 0 aliphatic heterocycles. The van der Waals surface area contributed by atoms with E-state index in [1.54, 1.807) is 25.3 Å². The molecule has 6 heteroatoms. The largest absolute Gasteiger partial charge is 0.497 e. The van der Waals surface area contributed by atoms with Gasteiger partial charge in [-0.1, -0.05) is 42.5 Å². The van der Waals surface area contributed by atoms with Gasteiger partial charge in [-0.3, -0.25) is 9.59 Å². The molecule has 2 aromatic carbocycles. The Hall–Kier alpha value is -3.41. The van der Waals surface area contributed by atoms with E-state index in [4.69, 9.17) is 4.74 Å². The lowest BCUT2D eigenvalue weighted by molar-refractivity contribution is -0.123. The van der Waals surface area contributed by atoms with E-state index < -0.39 is 5.91 Å². The van der Waals surface area contributed by atoms with Crippen molar-refractivity contribution >= 4 is 24.1 Å². The van der Waals surface area contributed by atoms with E-state index in [0.717, 1.165) is 16.9 Å². The van der Waals surface area contributed by atoms with Crippen molar-refractivity contribution < 1.29 is 14.3 Å². The molecule has 2 N–H and O–H groups in total. The first kappa shape index (κ1) is 17.9. The maximum absolute atomic E-state index is 11.7. The summed E-state index contributed by atoms with van der Waals surface area (Å²) in [6, 6.07) is 16.6. The minimum absolute atomic E-state index is 0.155. The summed E-state index contributed by atoms with van der Waals surface area (Å²) >= 11 is 0. The van der Waals surface area contributed by atoms with E-state index >= 15 is 0 Å². The smallest absolute Gasteiger partial charge is 0.259 e. The van der Waals surface area contributed by atoms with Crippen LogP contribution in [0, 0.1) is 0 Å². The van der Waals surface area contributed by atoms with Crippen molar-refractivity contribution in [1.29, 1.82) is 0 Å². The predicted molar refractivity (Wildman–Crippen MR) is 97.2 cm³/mol. The number of nitrogens with one attached hydrogen (secondary N) is 2.